The van der Waals surface area contributed by atoms with Crippen LogP contribution < -0.4 is 5.73 Å². The number of carbonyl (C=O) groups is 1. The second kappa shape index (κ2) is 8.92. The highest BCUT2D eigenvalue weighted by Crippen LogP contribution is 1.54. The SMILES string of the molecule is Br.NCCC=O. The highest BCUT2D eigenvalue weighted by molar-refractivity contribution is 8.93. The molecule has 0 fully saturated rings. The molecule has 2 nitrogen and oxygen atoms in total. The molecule has 0 aliphatic heterocycles. The van der Waals surface area contributed by atoms with Gasteiger partial charge in [-0.15, -0.1) is 17.0 Å². The smallest absolute Gasteiger partial charge is 0.121 e. The predicted octanol–water partition coefficient (Wildman–Crippen LogP) is 0.112. The lowest BCUT2D eigenvalue weighted by atomic mass is 10.5. The number of rotatable bonds is 2. The normalized spacial score (nSPS) is 6.17. The molecule has 0 bridgehead atoms. The zero-order chi connectivity index (χ0) is 4.12. The summed E-state index contributed by atoms with van der Waals surface area (Å²) in [6, 6.07) is 0. The van der Waals surface area contributed by atoms with E-state index < -0.39 is 0 Å². The Morgan fingerprint density at radius 2 is 2.17 bits per heavy atom. The quantitative estimate of drug-likeness (QED) is 0.573. The Morgan fingerprint density at radius 1 is 1.67 bits per heavy atom. The van der Waals surface area contributed by atoms with Crippen molar-refractivity contribution in [3.05, 3.63) is 0 Å². The second-order valence-electron chi connectivity index (χ2n) is 0.744. The number of hydrogen-bond donors (Lipinski definition) is 1. The van der Waals surface area contributed by atoms with Crippen molar-refractivity contribution in [2.75, 3.05) is 6.54 Å². The van der Waals surface area contributed by atoms with Crippen LogP contribution >= 0.6 is 17.0 Å². The highest BCUT2D eigenvalue weighted by atomic mass is 79.9. The largest absolute Gasteiger partial charge is 0.330 e. The van der Waals surface area contributed by atoms with Crippen LogP contribution in [0.15, 0.2) is 0 Å². The molecule has 0 heterocycles. The molecule has 0 aliphatic rings. The molecular formula is C3H8BrNO. The van der Waals surface area contributed by atoms with Gasteiger partial charge in [-0.25, -0.2) is 0 Å². The van der Waals surface area contributed by atoms with Crippen molar-refractivity contribution in [3.63, 3.8) is 0 Å². The lowest BCUT2D eigenvalue weighted by Crippen LogP contribution is -1.97. The number of nitrogens with two attached hydrogens (primary N) is 1. The van der Waals surface area contributed by atoms with E-state index in [0.29, 0.717) is 13.0 Å². The Balaban J connectivity index is 0. The molecule has 0 aromatic rings. The summed E-state index contributed by atoms with van der Waals surface area (Å²) in [4.78, 5) is 9.32. The third kappa shape index (κ3) is 8.93. The molecule has 0 saturated heterocycles. The van der Waals surface area contributed by atoms with E-state index in [2.05, 4.69) is 0 Å². The minimum Gasteiger partial charge on any atom is -0.330 e. The van der Waals surface area contributed by atoms with Crippen LogP contribution in [0.25, 0.3) is 0 Å². The third-order valence-electron chi connectivity index (χ3n) is 0.285. The van der Waals surface area contributed by atoms with E-state index in [-0.39, 0.29) is 17.0 Å². The first-order valence-corrected chi connectivity index (χ1v) is 1.55. The maximum absolute atomic E-state index is 9.32. The first-order valence-electron chi connectivity index (χ1n) is 1.55. The zero-order valence-corrected chi connectivity index (χ0v) is 5.10. The lowest BCUT2D eigenvalue weighted by molar-refractivity contribution is -0.107. The van der Waals surface area contributed by atoms with Crippen LogP contribution in [0.3, 0.4) is 0 Å². The van der Waals surface area contributed by atoms with Crippen LogP contribution in [0.5, 0.6) is 0 Å². The van der Waals surface area contributed by atoms with Gasteiger partial charge in [0.05, 0.1) is 0 Å². The summed E-state index contributed by atoms with van der Waals surface area (Å²) < 4.78 is 0. The Kier molecular flexibility index (Phi) is 14.0. The van der Waals surface area contributed by atoms with Crippen molar-refractivity contribution in [2.24, 2.45) is 5.73 Å². The van der Waals surface area contributed by atoms with Gasteiger partial charge in [-0.2, -0.15) is 0 Å². The molecule has 0 amide bonds. The van der Waals surface area contributed by atoms with Gasteiger partial charge in [-0.3, -0.25) is 0 Å². The standard InChI is InChI=1S/C3H7NO.BrH/c4-2-1-3-5;/h3H,1-2,4H2;1H. The molecule has 0 unspecified atom stereocenters. The number of carbonyl (C=O) groups excluding carboxylic acids is 1. The molecule has 0 aliphatic carbocycles. The van der Waals surface area contributed by atoms with Gasteiger partial charge in [0.15, 0.2) is 0 Å². The fraction of sp³-hybridized carbons (Fsp3) is 0.667. The predicted molar refractivity (Wildman–Crippen MR) is 30.1 cm³/mol. The van der Waals surface area contributed by atoms with Gasteiger partial charge in [0.1, 0.15) is 6.29 Å². The van der Waals surface area contributed by atoms with E-state index in [1.807, 2.05) is 0 Å². The molecule has 0 rings (SSSR count). The summed E-state index contributed by atoms with van der Waals surface area (Å²) in [5, 5.41) is 0. The van der Waals surface area contributed by atoms with Crippen molar-refractivity contribution < 1.29 is 4.79 Å². The van der Waals surface area contributed by atoms with Crippen LogP contribution in [0.1, 0.15) is 6.42 Å². The van der Waals surface area contributed by atoms with Gasteiger partial charge in [0, 0.05) is 6.42 Å². The van der Waals surface area contributed by atoms with Gasteiger partial charge in [0.2, 0.25) is 0 Å². The lowest BCUT2D eigenvalue weighted by Gasteiger charge is -1.70. The van der Waals surface area contributed by atoms with Crippen molar-refractivity contribution >= 4 is 23.3 Å². The molecule has 6 heavy (non-hydrogen) atoms. The Hall–Kier alpha value is 0.110. The highest BCUT2D eigenvalue weighted by Gasteiger charge is 1.66. The molecular weight excluding hydrogens is 146 g/mol. The summed E-state index contributed by atoms with van der Waals surface area (Å²) >= 11 is 0. The van der Waals surface area contributed by atoms with Gasteiger partial charge in [-0.05, 0) is 6.54 Å². The molecule has 0 saturated carbocycles. The van der Waals surface area contributed by atoms with E-state index in [4.69, 9.17) is 5.73 Å². The monoisotopic (exact) mass is 153 g/mol. The summed E-state index contributed by atoms with van der Waals surface area (Å²) in [6.07, 6.45) is 1.29. The van der Waals surface area contributed by atoms with E-state index in [1.165, 1.54) is 0 Å². The first kappa shape index (κ1) is 9.44. The molecule has 2 N–H and O–H groups in total. The maximum atomic E-state index is 9.32. The van der Waals surface area contributed by atoms with Crippen molar-refractivity contribution in [2.45, 2.75) is 6.42 Å². The van der Waals surface area contributed by atoms with E-state index in [0.717, 1.165) is 6.29 Å². The van der Waals surface area contributed by atoms with Crippen LogP contribution in [-0.2, 0) is 4.79 Å². The summed E-state index contributed by atoms with van der Waals surface area (Å²) in [5.41, 5.74) is 4.91. The Bertz CT molecular complexity index is 32.0. The number of halogens is 1. The Labute approximate surface area is 47.5 Å². The summed E-state index contributed by atoms with van der Waals surface area (Å²) in [5.74, 6) is 0. The molecule has 0 aromatic carbocycles. The van der Waals surface area contributed by atoms with E-state index in [1.54, 1.807) is 0 Å². The summed E-state index contributed by atoms with van der Waals surface area (Å²) in [7, 11) is 0. The second-order valence-corrected chi connectivity index (χ2v) is 0.744. The molecule has 0 atom stereocenters. The molecule has 3 heteroatoms. The van der Waals surface area contributed by atoms with Gasteiger partial charge >= 0.3 is 0 Å². The minimum atomic E-state index is 0. The fourth-order valence-electron chi connectivity index (χ4n) is 0.0680. The van der Waals surface area contributed by atoms with Gasteiger partial charge in [0.25, 0.3) is 0 Å². The zero-order valence-electron chi connectivity index (χ0n) is 3.39. The number of hydrogen-bond acceptors (Lipinski definition) is 2. The third-order valence-corrected chi connectivity index (χ3v) is 0.285. The van der Waals surface area contributed by atoms with E-state index in [9.17, 15) is 4.79 Å². The van der Waals surface area contributed by atoms with Crippen molar-refractivity contribution in [1.82, 2.24) is 0 Å². The average Bonchev–Trinajstić information content (AvgIpc) is 1.41. The van der Waals surface area contributed by atoms with Crippen LogP contribution in [0.2, 0.25) is 0 Å². The average molecular weight is 154 g/mol. The van der Waals surface area contributed by atoms with Crippen LogP contribution in [0, 0.1) is 0 Å². The van der Waals surface area contributed by atoms with Crippen molar-refractivity contribution in [1.29, 1.82) is 0 Å². The molecule has 0 spiro atoms. The molecule has 0 radical (unpaired) electrons. The topological polar surface area (TPSA) is 43.1 Å². The first-order chi connectivity index (χ1) is 2.41. The van der Waals surface area contributed by atoms with Crippen molar-refractivity contribution in [3.8, 4) is 0 Å². The van der Waals surface area contributed by atoms with E-state index >= 15 is 0 Å². The van der Waals surface area contributed by atoms with Gasteiger partial charge < -0.3 is 10.5 Å². The molecule has 38 valence electrons. The van der Waals surface area contributed by atoms with Gasteiger partial charge in [-0.1, -0.05) is 0 Å². The minimum absolute atomic E-state index is 0. The number of aldehydes is 1. The van der Waals surface area contributed by atoms with Crippen LogP contribution in [-0.4, -0.2) is 12.8 Å². The fourth-order valence-corrected chi connectivity index (χ4v) is 0.0680. The maximum Gasteiger partial charge on any atom is 0.121 e. The summed E-state index contributed by atoms with van der Waals surface area (Å²) in [6.45, 7) is 0.476. The Morgan fingerprint density at radius 3 is 2.17 bits per heavy atom. The molecule has 0 aromatic heterocycles. The van der Waals surface area contributed by atoms with Crippen LogP contribution in [0.4, 0.5) is 0 Å².